The van der Waals surface area contributed by atoms with Gasteiger partial charge in [-0.1, -0.05) is 135 Å². The van der Waals surface area contributed by atoms with Crippen LogP contribution in [0.4, 0.5) is 0 Å². The molecule has 8 nitrogen and oxygen atoms in total. The highest BCUT2D eigenvalue weighted by Crippen LogP contribution is 2.38. The maximum Gasteiger partial charge on any atom is 0.329 e. The smallest absolute Gasteiger partial charge is 0.329 e. The lowest BCUT2D eigenvalue weighted by Crippen LogP contribution is -2.47. The van der Waals surface area contributed by atoms with Crippen molar-refractivity contribution in [1.82, 2.24) is 10.3 Å². The number of ether oxygens (including phenoxy) is 1. The molecule has 0 bridgehead atoms. The fourth-order valence-corrected chi connectivity index (χ4v) is 7.37. The number of esters is 1. The molecule has 0 saturated carbocycles. The lowest BCUT2D eigenvalue weighted by molar-refractivity contribution is -0.149. The monoisotopic (exact) mass is 727 g/mol. The van der Waals surface area contributed by atoms with Gasteiger partial charge in [-0.15, -0.1) is 0 Å². The quantitative estimate of drug-likeness (QED) is 0.0493. The Labute approximate surface area is 312 Å². The molecule has 0 spiro atoms. The highest BCUT2D eigenvalue weighted by Gasteiger charge is 2.30. The largest absolute Gasteiger partial charge is 0.459 e. The van der Waals surface area contributed by atoms with E-state index in [0.717, 1.165) is 43.9 Å². The van der Waals surface area contributed by atoms with Crippen LogP contribution in [0.1, 0.15) is 48.9 Å². The number of rotatable bonds is 17. The van der Waals surface area contributed by atoms with Gasteiger partial charge < -0.3 is 24.5 Å². The number of nitrogens with zero attached hydrogens (tertiary/aromatic N) is 1. The van der Waals surface area contributed by atoms with Gasteiger partial charge in [0.2, 0.25) is 14.3 Å². The predicted octanol–water partition coefficient (Wildman–Crippen LogP) is 9.06. The van der Waals surface area contributed by atoms with Gasteiger partial charge in [0, 0.05) is 23.5 Å². The first-order chi connectivity index (χ1) is 25.8. The molecule has 3 atom stereocenters. The normalized spacial score (nSPS) is 13.5. The maximum atomic E-state index is 14.3. The van der Waals surface area contributed by atoms with Crippen LogP contribution in [0.2, 0.25) is 0 Å². The van der Waals surface area contributed by atoms with Crippen molar-refractivity contribution in [2.75, 3.05) is 0 Å². The SMILES string of the molecule is CC(C)C[C@H](N=C(CCc1cccc2ccccc12)P(O)OCc1ccccc1)C(=O)N[C@@H](Cc1c[nH]c2ccccc12)C(=O)OCc1ccccc1. The fourth-order valence-electron chi connectivity index (χ4n) is 6.41. The molecule has 0 aliphatic rings. The first-order valence-corrected chi connectivity index (χ1v) is 19.3. The molecule has 5 aromatic carbocycles. The van der Waals surface area contributed by atoms with Crippen LogP contribution in [0, 0.1) is 5.92 Å². The van der Waals surface area contributed by atoms with E-state index < -0.39 is 32.3 Å². The van der Waals surface area contributed by atoms with Gasteiger partial charge in [0.25, 0.3) is 0 Å². The number of aryl methyl sites for hydroxylation is 1. The van der Waals surface area contributed by atoms with Gasteiger partial charge in [-0.05, 0) is 64.3 Å². The molecule has 0 fully saturated rings. The molecule has 0 aliphatic heterocycles. The van der Waals surface area contributed by atoms with Crippen molar-refractivity contribution in [3.05, 3.63) is 156 Å². The third-order valence-electron chi connectivity index (χ3n) is 9.14. The van der Waals surface area contributed by atoms with Crippen LogP contribution in [-0.4, -0.2) is 39.3 Å². The topological polar surface area (TPSA) is 113 Å². The summed E-state index contributed by atoms with van der Waals surface area (Å²) in [6, 6.07) is 39.5. The van der Waals surface area contributed by atoms with Gasteiger partial charge in [-0.2, -0.15) is 0 Å². The first-order valence-electron chi connectivity index (χ1n) is 18.1. The van der Waals surface area contributed by atoms with Gasteiger partial charge in [-0.3, -0.25) is 9.79 Å². The van der Waals surface area contributed by atoms with Crippen molar-refractivity contribution < 1.29 is 23.7 Å². The number of amides is 1. The number of nitrogens with one attached hydrogen (secondary N) is 2. The number of aromatic nitrogens is 1. The van der Waals surface area contributed by atoms with E-state index in [0.29, 0.717) is 24.7 Å². The Kier molecular flexibility index (Phi) is 13.2. The average Bonchev–Trinajstić information content (AvgIpc) is 3.60. The molecule has 53 heavy (non-hydrogen) atoms. The summed E-state index contributed by atoms with van der Waals surface area (Å²) in [6.07, 6.45) is 3.49. The molecule has 272 valence electrons. The van der Waals surface area contributed by atoms with Crippen molar-refractivity contribution in [2.24, 2.45) is 10.9 Å². The summed E-state index contributed by atoms with van der Waals surface area (Å²) >= 11 is 0. The van der Waals surface area contributed by atoms with Crippen molar-refractivity contribution >= 4 is 47.4 Å². The number of H-pyrrole nitrogens is 1. The molecule has 1 heterocycles. The molecule has 6 aromatic rings. The Balaban J connectivity index is 1.27. The zero-order valence-electron chi connectivity index (χ0n) is 30.2. The Morgan fingerprint density at radius 3 is 2.15 bits per heavy atom. The lowest BCUT2D eigenvalue weighted by atomic mass is 10.0. The Morgan fingerprint density at radius 1 is 0.774 bits per heavy atom. The van der Waals surface area contributed by atoms with Crippen LogP contribution in [0.3, 0.4) is 0 Å². The van der Waals surface area contributed by atoms with Gasteiger partial charge in [0.05, 0.1) is 12.1 Å². The van der Waals surface area contributed by atoms with Gasteiger partial charge >= 0.3 is 5.97 Å². The zero-order chi connectivity index (χ0) is 37.0. The van der Waals surface area contributed by atoms with Crippen LogP contribution in [0.15, 0.2) is 139 Å². The average molecular weight is 728 g/mol. The van der Waals surface area contributed by atoms with Gasteiger partial charge in [-0.25, -0.2) is 4.79 Å². The summed E-state index contributed by atoms with van der Waals surface area (Å²) in [5.41, 5.74) is 5.15. The molecule has 0 radical (unpaired) electrons. The standard InChI is InChI=1S/C44H46N3O5P/c1-31(2)26-40(43(48)47-41(44(49)51-29-32-14-5-3-6-15-32)27-36-28-45-39-23-12-11-22-38(36)39)46-42(53(50)52-30-33-16-7-4-8-17-33)25-24-35-20-13-19-34-18-9-10-21-37(34)35/h3-23,28,31,40-41,45,50H,24-27,29-30H2,1-2H3,(H,47,48)/t40-,41-,53?/m0/s1. The molecule has 3 N–H and O–H groups in total. The Morgan fingerprint density at radius 2 is 1.42 bits per heavy atom. The second-order valence-electron chi connectivity index (χ2n) is 13.6. The van der Waals surface area contributed by atoms with Gasteiger partial charge in [0.1, 0.15) is 18.7 Å². The molecular formula is C44H46N3O5P. The second kappa shape index (κ2) is 18.6. The fraction of sp³-hybridized carbons (Fsp3) is 0.250. The minimum Gasteiger partial charge on any atom is -0.459 e. The van der Waals surface area contributed by atoms with Crippen LogP contribution in [0.25, 0.3) is 21.7 Å². The summed E-state index contributed by atoms with van der Waals surface area (Å²) in [5, 5.41) is 6.24. The number of hydrogen-bond donors (Lipinski definition) is 3. The maximum absolute atomic E-state index is 14.3. The molecule has 9 heteroatoms. The number of aliphatic imine (C=N–C) groups is 1. The summed E-state index contributed by atoms with van der Waals surface area (Å²) in [6.45, 7) is 4.34. The van der Waals surface area contributed by atoms with E-state index in [1.54, 1.807) is 0 Å². The first kappa shape index (κ1) is 37.6. The third-order valence-corrected chi connectivity index (χ3v) is 10.3. The van der Waals surface area contributed by atoms with E-state index in [9.17, 15) is 14.5 Å². The Bertz CT molecular complexity index is 2130. The number of hydrogen-bond acceptors (Lipinski definition) is 6. The second-order valence-corrected chi connectivity index (χ2v) is 14.9. The van der Waals surface area contributed by atoms with E-state index in [-0.39, 0.29) is 25.6 Å². The number of fused-ring (bicyclic) bond motifs is 2. The van der Waals surface area contributed by atoms with Crippen LogP contribution < -0.4 is 5.32 Å². The van der Waals surface area contributed by atoms with E-state index >= 15 is 0 Å². The number of aromatic amines is 1. The number of para-hydroxylation sites is 1. The van der Waals surface area contributed by atoms with Crippen LogP contribution in [0.5, 0.6) is 0 Å². The summed E-state index contributed by atoms with van der Waals surface area (Å²) in [7, 11) is -2.13. The molecule has 1 aromatic heterocycles. The van der Waals surface area contributed by atoms with Crippen molar-refractivity contribution in [3.8, 4) is 0 Å². The lowest BCUT2D eigenvalue weighted by Gasteiger charge is -2.23. The third kappa shape index (κ3) is 10.5. The number of carbonyl (C=O) groups is 2. The van der Waals surface area contributed by atoms with E-state index in [2.05, 4.69) is 34.6 Å². The van der Waals surface area contributed by atoms with Crippen LogP contribution >= 0.6 is 8.38 Å². The summed E-state index contributed by atoms with van der Waals surface area (Å²) in [5.74, 6) is -0.845. The highest BCUT2D eigenvalue weighted by atomic mass is 31.2. The van der Waals surface area contributed by atoms with E-state index in [1.165, 1.54) is 0 Å². The minimum atomic E-state index is -2.13. The summed E-state index contributed by atoms with van der Waals surface area (Å²) in [4.78, 5) is 47.8. The molecule has 1 amide bonds. The van der Waals surface area contributed by atoms with Crippen molar-refractivity contribution in [1.29, 1.82) is 0 Å². The van der Waals surface area contributed by atoms with E-state index in [4.69, 9.17) is 14.3 Å². The predicted molar refractivity (Wildman–Crippen MR) is 213 cm³/mol. The highest BCUT2D eigenvalue weighted by molar-refractivity contribution is 7.65. The molecule has 0 saturated heterocycles. The van der Waals surface area contributed by atoms with Crippen LogP contribution in [-0.2, 0) is 44.9 Å². The number of carbonyl (C=O) groups excluding carboxylic acids is 2. The van der Waals surface area contributed by atoms with E-state index in [1.807, 2.05) is 123 Å². The molecule has 0 aliphatic carbocycles. The zero-order valence-corrected chi connectivity index (χ0v) is 31.0. The molecule has 6 rings (SSSR count). The Hall–Kier alpha value is -5.14. The molecular weight excluding hydrogens is 681 g/mol. The molecule has 1 unspecified atom stereocenters. The number of benzene rings is 5. The van der Waals surface area contributed by atoms with Crippen molar-refractivity contribution in [3.63, 3.8) is 0 Å². The minimum absolute atomic E-state index is 0.0827. The summed E-state index contributed by atoms with van der Waals surface area (Å²) < 4.78 is 11.8. The van der Waals surface area contributed by atoms with Gasteiger partial charge in [0.15, 0.2) is 0 Å². The van der Waals surface area contributed by atoms with Crippen molar-refractivity contribution in [2.45, 2.75) is 64.8 Å².